The van der Waals surface area contributed by atoms with Gasteiger partial charge in [0, 0.05) is 25.0 Å². The van der Waals surface area contributed by atoms with Crippen molar-refractivity contribution in [2.75, 3.05) is 11.3 Å². The highest BCUT2D eigenvalue weighted by Gasteiger charge is 2.17. The minimum absolute atomic E-state index is 0.0344. The number of aromatic nitrogens is 3. The van der Waals surface area contributed by atoms with Crippen LogP contribution < -0.4 is 4.72 Å². The summed E-state index contributed by atoms with van der Waals surface area (Å²) in [6.07, 6.45) is 3.23. The van der Waals surface area contributed by atoms with Crippen LogP contribution in [-0.2, 0) is 16.6 Å². The van der Waals surface area contributed by atoms with Crippen LogP contribution in [0.2, 0.25) is 0 Å². The first-order valence-corrected chi connectivity index (χ1v) is 8.00. The molecule has 0 aliphatic rings. The van der Waals surface area contributed by atoms with Gasteiger partial charge >= 0.3 is 0 Å². The lowest BCUT2D eigenvalue weighted by atomic mass is 10.2. The zero-order chi connectivity index (χ0) is 15.5. The van der Waals surface area contributed by atoms with E-state index in [1.165, 1.54) is 17.1 Å². The average Bonchev–Trinajstić information content (AvgIpc) is 2.84. The Kier molecular flexibility index (Phi) is 4.59. The second-order valence-electron chi connectivity index (χ2n) is 4.79. The molecule has 0 amide bonds. The van der Waals surface area contributed by atoms with E-state index in [9.17, 15) is 8.42 Å². The molecule has 0 spiro atoms. The Balaban J connectivity index is 2.19. The van der Waals surface area contributed by atoms with Gasteiger partial charge in [0.1, 0.15) is 10.7 Å². The van der Waals surface area contributed by atoms with Crippen LogP contribution in [0.4, 0.5) is 5.82 Å². The molecule has 2 aromatic rings. The average molecular weight is 310 g/mol. The van der Waals surface area contributed by atoms with Crippen molar-refractivity contribution in [1.82, 2.24) is 14.8 Å². The number of sulfonamides is 1. The fourth-order valence-electron chi connectivity index (χ4n) is 1.93. The van der Waals surface area contributed by atoms with Crippen molar-refractivity contribution in [2.24, 2.45) is 0 Å². The number of aryl methyl sites for hydroxylation is 3. The molecule has 2 aromatic heterocycles. The van der Waals surface area contributed by atoms with Crippen LogP contribution in [0.3, 0.4) is 0 Å². The van der Waals surface area contributed by atoms with Gasteiger partial charge in [-0.05, 0) is 38.0 Å². The highest BCUT2D eigenvalue weighted by molar-refractivity contribution is 7.92. The molecular weight excluding hydrogens is 292 g/mol. The SMILES string of the molecule is Cc1cc(C)nc(NS(=O)(=O)c2cnn(CCCO)c2)c1. The zero-order valence-electron chi connectivity index (χ0n) is 11.9. The molecule has 0 fully saturated rings. The lowest BCUT2D eigenvalue weighted by molar-refractivity contribution is 0.277. The molecule has 0 saturated heterocycles. The van der Waals surface area contributed by atoms with Gasteiger partial charge in [-0.25, -0.2) is 13.4 Å². The van der Waals surface area contributed by atoms with Crippen LogP contribution in [0.5, 0.6) is 0 Å². The maximum atomic E-state index is 12.3. The van der Waals surface area contributed by atoms with E-state index >= 15 is 0 Å². The molecule has 0 aromatic carbocycles. The van der Waals surface area contributed by atoms with E-state index in [0.29, 0.717) is 13.0 Å². The highest BCUT2D eigenvalue weighted by Crippen LogP contribution is 2.15. The van der Waals surface area contributed by atoms with Crippen LogP contribution in [0.1, 0.15) is 17.7 Å². The topological polar surface area (TPSA) is 97.1 Å². The quantitative estimate of drug-likeness (QED) is 0.832. The number of aliphatic hydroxyl groups excluding tert-OH is 1. The monoisotopic (exact) mass is 310 g/mol. The Bertz CT molecular complexity index is 705. The predicted octanol–water partition coefficient (Wildman–Crippen LogP) is 1.08. The molecule has 2 rings (SSSR count). The summed E-state index contributed by atoms with van der Waals surface area (Å²) in [5.74, 6) is 0.288. The minimum Gasteiger partial charge on any atom is -0.396 e. The van der Waals surface area contributed by atoms with Gasteiger partial charge in [0.15, 0.2) is 0 Å². The third-order valence-electron chi connectivity index (χ3n) is 2.80. The van der Waals surface area contributed by atoms with E-state index in [2.05, 4.69) is 14.8 Å². The second-order valence-corrected chi connectivity index (χ2v) is 6.48. The van der Waals surface area contributed by atoms with E-state index in [4.69, 9.17) is 5.11 Å². The summed E-state index contributed by atoms with van der Waals surface area (Å²) >= 11 is 0. The molecule has 0 atom stereocenters. The van der Waals surface area contributed by atoms with Crippen molar-refractivity contribution in [1.29, 1.82) is 0 Å². The van der Waals surface area contributed by atoms with Crippen LogP contribution >= 0.6 is 0 Å². The number of nitrogens with zero attached hydrogens (tertiary/aromatic N) is 3. The molecule has 21 heavy (non-hydrogen) atoms. The smallest absolute Gasteiger partial charge is 0.266 e. The Morgan fingerprint density at radius 3 is 2.76 bits per heavy atom. The molecule has 114 valence electrons. The first-order chi connectivity index (χ1) is 9.90. The van der Waals surface area contributed by atoms with Crippen LogP contribution in [-0.4, -0.2) is 34.9 Å². The van der Waals surface area contributed by atoms with Crippen LogP contribution in [0.25, 0.3) is 0 Å². The third-order valence-corrected chi connectivity index (χ3v) is 4.11. The number of anilines is 1. The third kappa shape index (κ3) is 4.02. The second kappa shape index (κ2) is 6.23. The van der Waals surface area contributed by atoms with E-state index in [1.54, 1.807) is 13.0 Å². The predicted molar refractivity (Wildman–Crippen MR) is 78.4 cm³/mol. The molecule has 2 N–H and O–H groups in total. The fourth-order valence-corrected chi connectivity index (χ4v) is 2.87. The molecule has 0 saturated carbocycles. The summed E-state index contributed by atoms with van der Waals surface area (Å²) in [5, 5.41) is 12.7. The first-order valence-electron chi connectivity index (χ1n) is 6.52. The maximum absolute atomic E-state index is 12.3. The number of pyridine rings is 1. The summed E-state index contributed by atoms with van der Waals surface area (Å²) in [7, 11) is -3.71. The van der Waals surface area contributed by atoms with Gasteiger partial charge in [0.2, 0.25) is 0 Å². The van der Waals surface area contributed by atoms with Crippen LogP contribution in [0, 0.1) is 13.8 Å². The number of nitrogens with one attached hydrogen (secondary N) is 1. The lowest BCUT2D eigenvalue weighted by Crippen LogP contribution is -2.14. The summed E-state index contributed by atoms with van der Waals surface area (Å²) in [6, 6.07) is 3.53. The maximum Gasteiger partial charge on any atom is 0.266 e. The first kappa shape index (κ1) is 15.5. The molecule has 8 heteroatoms. The Hall–Kier alpha value is -1.93. The normalized spacial score (nSPS) is 11.6. The van der Waals surface area contributed by atoms with E-state index in [-0.39, 0.29) is 17.3 Å². The summed E-state index contributed by atoms with van der Waals surface area (Å²) in [6.45, 7) is 4.18. The van der Waals surface area contributed by atoms with Crippen molar-refractivity contribution in [3.63, 3.8) is 0 Å². The van der Waals surface area contributed by atoms with Crippen molar-refractivity contribution in [3.8, 4) is 0 Å². The lowest BCUT2D eigenvalue weighted by Gasteiger charge is -2.07. The Labute approximate surface area is 123 Å². The largest absolute Gasteiger partial charge is 0.396 e. The van der Waals surface area contributed by atoms with Gasteiger partial charge in [-0.15, -0.1) is 0 Å². The van der Waals surface area contributed by atoms with Gasteiger partial charge in [0.05, 0.1) is 6.20 Å². The molecule has 0 radical (unpaired) electrons. The zero-order valence-corrected chi connectivity index (χ0v) is 12.8. The van der Waals surface area contributed by atoms with E-state index in [0.717, 1.165) is 11.3 Å². The number of hydrogen-bond donors (Lipinski definition) is 2. The van der Waals surface area contributed by atoms with Gasteiger partial charge in [0.25, 0.3) is 10.0 Å². The van der Waals surface area contributed by atoms with Crippen molar-refractivity contribution in [2.45, 2.75) is 31.7 Å². The standard InChI is InChI=1S/C13H18N4O3S/c1-10-6-11(2)15-13(7-10)16-21(19,20)12-8-14-17(9-12)4-3-5-18/h6-9,18H,3-5H2,1-2H3,(H,15,16). The Morgan fingerprint density at radius 1 is 1.33 bits per heavy atom. The minimum atomic E-state index is -3.71. The molecule has 7 nitrogen and oxygen atoms in total. The van der Waals surface area contributed by atoms with Crippen molar-refractivity contribution < 1.29 is 13.5 Å². The van der Waals surface area contributed by atoms with Gasteiger partial charge in [-0.3, -0.25) is 9.40 Å². The molecular formula is C13H18N4O3S. The van der Waals surface area contributed by atoms with E-state index < -0.39 is 10.0 Å². The van der Waals surface area contributed by atoms with Crippen molar-refractivity contribution in [3.05, 3.63) is 35.8 Å². The molecule has 0 aliphatic carbocycles. The van der Waals surface area contributed by atoms with Crippen LogP contribution in [0.15, 0.2) is 29.4 Å². The summed E-state index contributed by atoms with van der Waals surface area (Å²) in [4.78, 5) is 4.22. The Morgan fingerprint density at radius 2 is 2.10 bits per heavy atom. The molecule has 0 bridgehead atoms. The van der Waals surface area contributed by atoms with Gasteiger partial charge in [-0.1, -0.05) is 0 Å². The van der Waals surface area contributed by atoms with Gasteiger partial charge < -0.3 is 5.11 Å². The number of rotatable bonds is 6. The number of hydrogen-bond acceptors (Lipinski definition) is 5. The summed E-state index contributed by atoms with van der Waals surface area (Å²) < 4.78 is 28.4. The van der Waals surface area contributed by atoms with Crippen molar-refractivity contribution >= 4 is 15.8 Å². The number of aliphatic hydroxyl groups is 1. The van der Waals surface area contributed by atoms with E-state index in [1.807, 2.05) is 13.0 Å². The molecule has 2 heterocycles. The van der Waals surface area contributed by atoms with Gasteiger partial charge in [-0.2, -0.15) is 5.10 Å². The molecule has 0 unspecified atom stereocenters. The fraction of sp³-hybridized carbons (Fsp3) is 0.385. The molecule has 0 aliphatic heterocycles. The summed E-state index contributed by atoms with van der Waals surface area (Å²) in [5.41, 5.74) is 1.67. The highest BCUT2D eigenvalue weighted by atomic mass is 32.2.